The van der Waals surface area contributed by atoms with Gasteiger partial charge >= 0.3 is 0 Å². The maximum atomic E-state index is 11.6. The van der Waals surface area contributed by atoms with Crippen LogP contribution in [0.15, 0.2) is 6.20 Å². The zero-order valence-corrected chi connectivity index (χ0v) is 12.0. The largest absolute Gasteiger partial charge is 0.350 e. The predicted molar refractivity (Wildman–Crippen MR) is 74.2 cm³/mol. The Kier molecular flexibility index (Phi) is 7.70. The Hall–Kier alpha value is -0.360. The second-order valence-electron chi connectivity index (χ2n) is 3.71. The zero-order valence-electron chi connectivity index (χ0n) is 9.56. The summed E-state index contributed by atoms with van der Waals surface area (Å²) in [7, 11) is 0. The van der Waals surface area contributed by atoms with Gasteiger partial charge in [-0.2, -0.15) is 0 Å². The van der Waals surface area contributed by atoms with Crippen LogP contribution in [0.4, 0.5) is 0 Å². The molecule has 1 amide bonds. The summed E-state index contributed by atoms with van der Waals surface area (Å²) in [5.41, 5.74) is 0. The minimum absolute atomic E-state index is 0. The molecule has 1 aromatic heterocycles. The van der Waals surface area contributed by atoms with Gasteiger partial charge in [0.05, 0.1) is 17.6 Å². The Bertz CT molecular complexity index is 353. The van der Waals surface area contributed by atoms with Gasteiger partial charge in [-0.25, -0.2) is 4.98 Å². The number of hydrogen-bond donors (Lipinski definition) is 2. The van der Waals surface area contributed by atoms with Gasteiger partial charge in [0.25, 0.3) is 0 Å². The molecule has 1 aromatic rings. The van der Waals surface area contributed by atoms with Crippen molar-refractivity contribution in [1.82, 2.24) is 15.6 Å². The molecule has 1 fully saturated rings. The van der Waals surface area contributed by atoms with E-state index in [0.717, 1.165) is 29.3 Å². The van der Waals surface area contributed by atoms with E-state index in [0.29, 0.717) is 6.54 Å². The van der Waals surface area contributed by atoms with Crippen LogP contribution in [0.3, 0.4) is 0 Å². The van der Waals surface area contributed by atoms with Gasteiger partial charge in [0, 0.05) is 11.1 Å². The van der Waals surface area contributed by atoms with E-state index < -0.39 is 0 Å². The lowest BCUT2D eigenvalue weighted by atomic mass is 10.2. The highest BCUT2D eigenvalue weighted by Crippen LogP contribution is 2.11. The molecule has 0 aliphatic carbocycles. The minimum Gasteiger partial charge on any atom is -0.350 e. The number of nitrogens with zero attached hydrogens (tertiary/aromatic N) is 1. The standard InChI is InChI=1S/C10H15N3OS.2ClH/c1-7-12-5-8(15-7)6-13-10(14)9-3-2-4-11-9;;/h5,9,11H,2-4,6H2,1H3,(H,13,14);2*1H/t9-;;/m0../s1. The number of rotatable bonds is 3. The van der Waals surface area contributed by atoms with Gasteiger partial charge < -0.3 is 10.6 Å². The van der Waals surface area contributed by atoms with Crippen LogP contribution in [0.2, 0.25) is 0 Å². The van der Waals surface area contributed by atoms with E-state index in [2.05, 4.69) is 15.6 Å². The highest BCUT2D eigenvalue weighted by atomic mass is 35.5. The summed E-state index contributed by atoms with van der Waals surface area (Å²) in [6.45, 7) is 3.52. The summed E-state index contributed by atoms with van der Waals surface area (Å²) >= 11 is 1.63. The third-order valence-electron chi connectivity index (χ3n) is 2.48. The number of halogens is 2. The van der Waals surface area contributed by atoms with Crippen molar-refractivity contribution >= 4 is 42.1 Å². The molecule has 1 aliphatic heterocycles. The minimum atomic E-state index is 0. The monoisotopic (exact) mass is 297 g/mol. The van der Waals surface area contributed by atoms with Gasteiger partial charge in [0.2, 0.25) is 5.91 Å². The fourth-order valence-electron chi connectivity index (χ4n) is 1.69. The fourth-order valence-corrected chi connectivity index (χ4v) is 2.43. The van der Waals surface area contributed by atoms with E-state index in [4.69, 9.17) is 0 Å². The first-order valence-electron chi connectivity index (χ1n) is 5.18. The number of nitrogens with one attached hydrogen (secondary N) is 2. The Labute approximate surface area is 117 Å². The SMILES string of the molecule is Cc1ncc(CNC(=O)[C@@H]2CCCN2)s1.Cl.Cl. The maximum absolute atomic E-state index is 11.6. The van der Waals surface area contributed by atoms with E-state index >= 15 is 0 Å². The van der Waals surface area contributed by atoms with Crippen LogP contribution in [0.5, 0.6) is 0 Å². The molecule has 98 valence electrons. The Morgan fingerprint density at radius 2 is 2.41 bits per heavy atom. The lowest BCUT2D eigenvalue weighted by Gasteiger charge is -2.09. The van der Waals surface area contributed by atoms with Gasteiger partial charge in [-0.15, -0.1) is 36.2 Å². The quantitative estimate of drug-likeness (QED) is 0.892. The second kappa shape index (κ2) is 7.87. The molecule has 1 aliphatic rings. The van der Waals surface area contributed by atoms with Crippen LogP contribution in [0.1, 0.15) is 22.7 Å². The highest BCUT2D eigenvalue weighted by molar-refractivity contribution is 7.11. The third-order valence-corrected chi connectivity index (χ3v) is 3.40. The van der Waals surface area contributed by atoms with Gasteiger partial charge in [-0.1, -0.05) is 0 Å². The Balaban J connectivity index is 0.00000128. The van der Waals surface area contributed by atoms with E-state index in [1.54, 1.807) is 11.3 Å². The number of amides is 1. The van der Waals surface area contributed by atoms with Crippen molar-refractivity contribution in [2.75, 3.05) is 6.54 Å². The first-order chi connectivity index (χ1) is 7.25. The van der Waals surface area contributed by atoms with Crippen LogP contribution in [0.25, 0.3) is 0 Å². The van der Waals surface area contributed by atoms with Crippen molar-refractivity contribution in [2.24, 2.45) is 0 Å². The van der Waals surface area contributed by atoms with E-state index in [1.807, 2.05) is 13.1 Å². The van der Waals surface area contributed by atoms with Crippen LogP contribution in [0, 0.1) is 6.92 Å². The molecule has 0 bridgehead atoms. The molecular formula is C10H17Cl2N3OS. The van der Waals surface area contributed by atoms with Crippen molar-refractivity contribution in [3.05, 3.63) is 16.1 Å². The van der Waals surface area contributed by atoms with Gasteiger partial charge in [0.1, 0.15) is 0 Å². The van der Waals surface area contributed by atoms with Gasteiger partial charge in [-0.3, -0.25) is 4.79 Å². The average Bonchev–Trinajstić information content (AvgIpc) is 2.84. The van der Waals surface area contributed by atoms with Crippen LogP contribution in [-0.4, -0.2) is 23.5 Å². The molecule has 1 saturated heterocycles. The van der Waals surface area contributed by atoms with Gasteiger partial charge in [0.15, 0.2) is 0 Å². The third kappa shape index (κ3) is 4.79. The number of aryl methyl sites for hydroxylation is 1. The molecule has 1 atom stereocenters. The molecule has 0 unspecified atom stereocenters. The second-order valence-corrected chi connectivity index (χ2v) is 5.03. The summed E-state index contributed by atoms with van der Waals surface area (Å²) in [6, 6.07) is 0.0130. The molecule has 0 radical (unpaired) electrons. The topological polar surface area (TPSA) is 54.0 Å². The Morgan fingerprint density at radius 1 is 1.65 bits per heavy atom. The number of carbonyl (C=O) groups excluding carboxylic acids is 1. The number of hydrogen-bond acceptors (Lipinski definition) is 4. The molecule has 17 heavy (non-hydrogen) atoms. The van der Waals surface area contributed by atoms with Gasteiger partial charge in [-0.05, 0) is 26.3 Å². The smallest absolute Gasteiger partial charge is 0.237 e. The van der Waals surface area contributed by atoms with Crippen LogP contribution in [-0.2, 0) is 11.3 Å². The molecular weight excluding hydrogens is 281 g/mol. The molecule has 0 aromatic carbocycles. The predicted octanol–water partition coefficient (Wildman–Crippen LogP) is 1.66. The Morgan fingerprint density at radius 3 is 2.94 bits per heavy atom. The lowest BCUT2D eigenvalue weighted by Crippen LogP contribution is -2.39. The van der Waals surface area contributed by atoms with E-state index in [9.17, 15) is 4.79 Å². The number of aromatic nitrogens is 1. The normalized spacial score (nSPS) is 18.1. The molecule has 0 saturated carbocycles. The van der Waals surface area contributed by atoms with Crippen molar-refractivity contribution in [3.63, 3.8) is 0 Å². The van der Waals surface area contributed by atoms with Crippen molar-refractivity contribution in [1.29, 1.82) is 0 Å². The maximum Gasteiger partial charge on any atom is 0.237 e. The molecule has 4 nitrogen and oxygen atoms in total. The lowest BCUT2D eigenvalue weighted by molar-refractivity contribution is -0.122. The van der Waals surface area contributed by atoms with Crippen molar-refractivity contribution < 1.29 is 4.79 Å². The average molecular weight is 298 g/mol. The van der Waals surface area contributed by atoms with Crippen LogP contribution < -0.4 is 10.6 Å². The first-order valence-corrected chi connectivity index (χ1v) is 6.00. The number of thiazole rings is 1. The highest BCUT2D eigenvalue weighted by Gasteiger charge is 2.21. The summed E-state index contributed by atoms with van der Waals surface area (Å²) in [4.78, 5) is 16.9. The van der Waals surface area contributed by atoms with Crippen molar-refractivity contribution in [3.8, 4) is 0 Å². The molecule has 2 N–H and O–H groups in total. The molecule has 2 rings (SSSR count). The fraction of sp³-hybridized carbons (Fsp3) is 0.600. The summed E-state index contributed by atoms with van der Waals surface area (Å²) in [6.07, 6.45) is 3.87. The van der Waals surface area contributed by atoms with Crippen molar-refractivity contribution in [2.45, 2.75) is 32.4 Å². The molecule has 0 spiro atoms. The summed E-state index contributed by atoms with van der Waals surface area (Å²) in [5.74, 6) is 0.110. The molecule has 7 heteroatoms. The summed E-state index contributed by atoms with van der Waals surface area (Å²) < 4.78 is 0. The first kappa shape index (κ1) is 16.6. The van der Waals surface area contributed by atoms with E-state index in [1.165, 1.54) is 0 Å². The zero-order chi connectivity index (χ0) is 10.7. The molecule has 2 heterocycles. The summed E-state index contributed by atoms with van der Waals surface area (Å²) in [5, 5.41) is 7.14. The van der Waals surface area contributed by atoms with E-state index in [-0.39, 0.29) is 36.8 Å². The number of carbonyl (C=O) groups is 1. The van der Waals surface area contributed by atoms with Crippen LogP contribution >= 0.6 is 36.2 Å².